The molecule has 0 aliphatic carbocycles. The van der Waals surface area contributed by atoms with E-state index < -0.39 is 14.8 Å². The summed E-state index contributed by atoms with van der Waals surface area (Å²) in [6.07, 6.45) is 0. The van der Waals surface area contributed by atoms with Gasteiger partial charge in [-0.25, -0.2) is 8.42 Å². The second kappa shape index (κ2) is 5.04. The highest BCUT2D eigenvalue weighted by atomic mass is 32.2. The van der Waals surface area contributed by atoms with Crippen molar-refractivity contribution in [1.29, 1.82) is 0 Å². The monoisotopic (exact) mass is 285 g/mol. The third-order valence-corrected chi connectivity index (χ3v) is 4.72. The highest BCUT2D eigenvalue weighted by Crippen LogP contribution is 2.27. The van der Waals surface area contributed by atoms with Gasteiger partial charge in [0, 0.05) is 43.6 Å². The van der Waals surface area contributed by atoms with Crippen molar-refractivity contribution in [2.24, 2.45) is 0 Å². The molecule has 1 N–H and O–H groups in total. The number of benzene rings is 1. The molecule has 19 heavy (non-hydrogen) atoms. The molecule has 0 radical (unpaired) electrons. The van der Waals surface area contributed by atoms with E-state index in [4.69, 9.17) is 0 Å². The first-order chi connectivity index (χ1) is 8.91. The van der Waals surface area contributed by atoms with Crippen molar-refractivity contribution in [3.8, 4) is 0 Å². The van der Waals surface area contributed by atoms with Crippen LogP contribution in [-0.4, -0.2) is 45.0 Å². The molecule has 0 atom stereocenters. The molecule has 0 bridgehead atoms. The lowest BCUT2D eigenvalue weighted by atomic mass is 10.2. The van der Waals surface area contributed by atoms with Crippen molar-refractivity contribution >= 4 is 26.9 Å². The van der Waals surface area contributed by atoms with Crippen molar-refractivity contribution < 1.29 is 13.3 Å². The zero-order valence-corrected chi connectivity index (χ0v) is 11.3. The van der Waals surface area contributed by atoms with Gasteiger partial charge in [0.2, 0.25) is 0 Å². The quantitative estimate of drug-likeness (QED) is 0.654. The topological polar surface area (TPSA) is 92.6 Å². The average molecular weight is 285 g/mol. The number of sulfone groups is 1. The summed E-state index contributed by atoms with van der Waals surface area (Å²) in [7, 11) is -1.27. The van der Waals surface area contributed by atoms with Gasteiger partial charge in [0.1, 0.15) is 0 Å². The molecule has 0 unspecified atom stereocenters. The molecule has 8 heteroatoms. The van der Waals surface area contributed by atoms with Crippen LogP contribution in [-0.2, 0) is 9.84 Å². The maximum atomic E-state index is 11.4. The minimum Gasteiger partial charge on any atom is -0.388 e. The summed E-state index contributed by atoms with van der Waals surface area (Å²) in [6, 6.07) is 4.70. The van der Waals surface area contributed by atoms with Crippen LogP contribution in [0.4, 0.5) is 17.1 Å². The predicted octanol–water partition coefficient (Wildman–Crippen LogP) is 0.871. The molecule has 1 aromatic rings. The lowest BCUT2D eigenvalue weighted by molar-refractivity contribution is -0.384. The van der Waals surface area contributed by atoms with E-state index in [0.717, 1.165) is 0 Å². The number of nitrogens with one attached hydrogen (secondary N) is 1. The minimum absolute atomic E-state index is 0.00437. The van der Waals surface area contributed by atoms with Crippen LogP contribution in [0.1, 0.15) is 0 Å². The molecule has 0 spiro atoms. The first kappa shape index (κ1) is 13.6. The van der Waals surface area contributed by atoms with Crippen LogP contribution < -0.4 is 10.2 Å². The summed E-state index contributed by atoms with van der Waals surface area (Å²) in [5.74, 6) is 0.176. The molecule has 1 aliphatic rings. The van der Waals surface area contributed by atoms with Gasteiger partial charge >= 0.3 is 0 Å². The first-order valence-electron chi connectivity index (χ1n) is 5.84. The Morgan fingerprint density at radius 1 is 1.26 bits per heavy atom. The fraction of sp³-hybridized carbons (Fsp3) is 0.455. The van der Waals surface area contributed by atoms with E-state index in [0.29, 0.717) is 24.5 Å². The highest BCUT2D eigenvalue weighted by molar-refractivity contribution is 7.91. The molecule has 0 aromatic heterocycles. The van der Waals surface area contributed by atoms with E-state index in [1.54, 1.807) is 13.1 Å². The van der Waals surface area contributed by atoms with Crippen LogP contribution in [0.5, 0.6) is 0 Å². The Morgan fingerprint density at radius 3 is 2.42 bits per heavy atom. The van der Waals surface area contributed by atoms with Gasteiger partial charge in [-0.2, -0.15) is 0 Å². The number of anilines is 2. The van der Waals surface area contributed by atoms with E-state index in [1.807, 2.05) is 4.90 Å². The summed E-state index contributed by atoms with van der Waals surface area (Å²) in [4.78, 5) is 12.3. The van der Waals surface area contributed by atoms with Crippen molar-refractivity contribution in [2.75, 3.05) is 41.9 Å². The SMILES string of the molecule is CNc1cc(N2CCS(=O)(=O)CC2)cc([N+](=O)[O-])c1. The lowest BCUT2D eigenvalue weighted by Gasteiger charge is -2.28. The number of rotatable bonds is 3. The largest absolute Gasteiger partial charge is 0.388 e. The summed E-state index contributed by atoms with van der Waals surface area (Å²) >= 11 is 0. The van der Waals surface area contributed by atoms with Crippen molar-refractivity contribution in [3.63, 3.8) is 0 Å². The van der Waals surface area contributed by atoms with Crippen LogP contribution in [0.3, 0.4) is 0 Å². The van der Waals surface area contributed by atoms with Crippen molar-refractivity contribution in [3.05, 3.63) is 28.3 Å². The maximum Gasteiger partial charge on any atom is 0.273 e. The van der Waals surface area contributed by atoms with Gasteiger partial charge in [-0.1, -0.05) is 0 Å². The summed E-state index contributed by atoms with van der Waals surface area (Å²) < 4.78 is 22.8. The van der Waals surface area contributed by atoms with Gasteiger partial charge < -0.3 is 10.2 Å². The van der Waals surface area contributed by atoms with E-state index >= 15 is 0 Å². The molecule has 1 heterocycles. The van der Waals surface area contributed by atoms with Crippen LogP contribution in [0.2, 0.25) is 0 Å². The Kier molecular flexibility index (Phi) is 3.61. The third kappa shape index (κ3) is 3.14. The van der Waals surface area contributed by atoms with E-state index in [9.17, 15) is 18.5 Å². The Balaban J connectivity index is 2.29. The fourth-order valence-corrected chi connectivity index (χ4v) is 3.20. The Bertz CT molecular complexity index is 586. The molecular formula is C11H15N3O4S. The first-order valence-corrected chi connectivity index (χ1v) is 7.66. The number of nitrogens with zero attached hydrogens (tertiary/aromatic N) is 2. The van der Waals surface area contributed by atoms with Crippen LogP contribution >= 0.6 is 0 Å². The van der Waals surface area contributed by atoms with Gasteiger partial charge in [0.25, 0.3) is 5.69 Å². The van der Waals surface area contributed by atoms with Crippen LogP contribution in [0, 0.1) is 10.1 Å². The Morgan fingerprint density at radius 2 is 1.89 bits per heavy atom. The number of non-ortho nitro benzene ring substituents is 1. The second-order valence-electron chi connectivity index (χ2n) is 4.38. The normalized spacial score (nSPS) is 18.1. The van der Waals surface area contributed by atoms with Gasteiger partial charge in [-0.15, -0.1) is 0 Å². The van der Waals surface area contributed by atoms with Crippen LogP contribution in [0.25, 0.3) is 0 Å². The summed E-state index contributed by atoms with van der Waals surface area (Å²) in [5, 5.41) is 13.7. The standard InChI is InChI=1S/C11H15N3O4S/c1-12-9-6-10(8-11(7-9)14(15)16)13-2-4-19(17,18)5-3-13/h6-8,12H,2-5H2,1H3. The van der Waals surface area contributed by atoms with Gasteiger partial charge in [-0.05, 0) is 6.07 Å². The lowest BCUT2D eigenvalue weighted by Crippen LogP contribution is -2.40. The molecule has 0 saturated carbocycles. The number of nitro benzene ring substituents is 1. The zero-order chi connectivity index (χ0) is 14.0. The van der Waals surface area contributed by atoms with E-state index in [1.165, 1.54) is 12.1 Å². The molecular weight excluding hydrogens is 270 g/mol. The third-order valence-electron chi connectivity index (χ3n) is 3.11. The average Bonchev–Trinajstić information content (AvgIpc) is 2.38. The molecule has 1 saturated heterocycles. The molecule has 2 rings (SSSR count). The Hall–Kier alpha value is -1.83. The molecule has 0 amide bonds. The second-order valence-corrected chi connectivity index (χ2v) is 6.69. The minimum atomic E-state index is -2.96. The van der Waals surface area contributed by atoms with Crippen molar-refractivity contribution in [2.45, 2.75) is 0 Å². The molecule has 1 aliphatic heterocycles. The molecule has 104 valence electrons. The van der Waals surface area contributed by atoms with Crippen molar-refractivity contribution in [1.82, 2.24) is 0 Å². The maximum absolute atomic E-state index is 11.4. The fourth-order valence-electron chi connectivity index (χ4n) is 2.00. The van der Waals surface area contributed by atoms with Gasteiger partial charge in [0.05, 0.1) is 16.4 Å². The van der Waals surface area contributed by atoms with Gasteiger partial charge in [0.15, 0.2) is 9.84 Å². The number of hydrogen-bond donors (Lipinski definition) is 1. The molecule has 7 nitrogen and oxygen atoms in total. The van der Waals surface area contributed by atoms with Crippen LogP contribution in [0.15, 0.2) is 18.2 Å². The van der Waals surface area contributed by atoms with E-state index in [2.05, 4.69) is 5.32 Å². The Labute approximate surface area is 111 Å². The zero-order valence-electron chi connectivity index (χ0n) is 10.5. The molecule has 1 fully saturated rings. The molecule has 1 aromatic carbocycles. The van der Waals surface area contributed by atoms with E-state index in [-0.39, 0.29) is 17.2 Å². The van der Waals surface area contributed by atoms with Gasteiger partial charge in [-0.3, -0.25) is 10.1 Å². The summed E-state index contributed by atoms with van der Waals surface area (Å²) in [6.45, 7) is 0.735. The number of nitro groups is 1. The summed E-state index contributed by atoms with van der Waals surface area (Å²) in [5.41, 5.74) is 1.31. The highest BCUT2D eigenvalue weighted by Gasteiger charge is 2.23. The predicted molar refractivity (Wildman–Crippen MR) is 73.5 cm³/mol. The number of hydrogen-bond acceptors (Lipinski definition) is 6. The smallest absolute Gasteiger partial charge is 0.273 e.